The fourth-order valence-corrected chi connectivity index (χ4v) is 1.79. The van der Waals surface area contributed by atoms with Gasteiger partial charge in [0.25, 0.3) is 0 Å². The highest BCUT2D eigenvalue weighted by molar-refractivity contribution is 5.79. The summed E-state index contributed by atoms with van der Waals surface area (Å²) in [5.74, 6) is 0. The number of aryl methyl sites for hydroxylation is 1. The van der Waals surface area contributed by atoms with E-state index in [-0.39, 0.29) is 5.41 Å². The first-order chi connectivity index (χ1) is 7.62. The molecule has 0 N–H and O–H groups in total. The summed E-state index contributed by atoms with van der Waals surface area (Å²) in [4.78, 5) is 0. The van der Waals surface area contributed by atoms with E-state index in [1.807, 2.05) is 26.0 Å². The Balaban J connectivity index is 2.20. The molecule has 0 saturated carbocycles. The van der Waals surface area contributed by atoms with Crippen LogP contribution >= 0.6 is 0 Å². The van der Waals surface area contributed by atoms with E-state index in [9.17, 15) is 0 Å². The zero-order chi connectivity index (χ0) is 11.6. The number of benzene rings is 1. The highest BCUT2D eigenvalue weighted by atomic mass is 14.9. The molecule has 2 aromatic rings. The van der Waals surface area contributed by atoms with Crippen LogP contribution in [0.15, 0.2) is 36.5 Å². The van der Waals surface area contributed by atoms with Crippen LogP contribution < -0.4 is 0 Å². The third-order valence-electron chi connectivity index (χ3n) is 2.96. The molecule has 0 bridgehead atoms. The fraction of sp³-hybridized carbons (Fsp3) is 0.357. The second-order valence-corrected chi connectivity index (χ2v) is 4.81. The van der Waals surface area contributed by atoms with Crippen molar-refractivity contribution in [1.82, 2.24) is 4.57 Å². The SMILES string of the molecule is CC(C)(C#N)CCn1ccc2ccccc21. The molecule has 2 heteroatoms. The van der Waals surface area contributed by atoms with Gasteiger partial charge in [-0.2, -0.15) is 5.26 Å². The Kier molecular flexibility index (Phi) is 2.70. The molecule has 1 aromatic heterocycles. The zero-order valence-corrected chi connectivity index (χ0v) is 9.77. The number of hydrogen-bond acceptors (Lipinski definition) is 1. The molecule has 82 valence electrons. The van der Waals surface area contributed by atoms with E-state index in [4.69, 9.17) is 5.26 Å². The minimum atomic E-state index is -0.245. The van der Waals surface area contributed by atoms with Crippen LogP contribution in [0.5, 0.6) is 0 Å². The van der Waals surface area contributed by atoms with Crippen LogP contribution in [-0.2, 0) is 6.54 Å². The van der Waals surface area contributed by atoms with Crippen molar-refractivity contribution < 1.29 is 0 Å². The Hall–Kier alpha value is -1.75. The molecule has 0 radical (unpaired) electrons. The maximum absolute atomic E-state index is 8.98. The minimum Gasteiger partial charge on any atom is -0.347 e. The van der Waals surface area contributed by atoms with Crippen molar-refractivity contribution in [2.75, 3.05) is 0 Å². The van der Waals surface area contributed by atoms with E-state index in [1.165, 1.54) is 10.9 Å². The van der Waals surface area contributed by atoms with Crippen LogP contribution in [0, 0.1) is 16.7 Å². The Bertz CT molecular complexity index is 529. The van der Waals surface area contributed by atoms with E-state index in [1.54, 1.807) is 0 Å². The third-order valence-corrected chi connectivity index (χ3v) is 2.96. The number of aromatic nitrogens is 1. The van der Waals surface area contributed by atoms with Crippen molar-refractivity contribution in [2.45, 2.75) is 26.8 Å². The van der Waals surface area contributed by atoms with E-state index in [0.717, 1.165) is 13.0 Å². The summed E-state index contributed by atoms with van der Waals surface area (Å²) in [7, 11) is 0. The Morgan fingerprint density at radius 3 is 2.75 bits per heavy atom. The van der Waals surface area contributed by atoms with Gasteiger partial charge in [-0.1, -0.05) is 18.2 Å². The summed E-state index contributed by atoms with van der Waals surface area (Å²) in [6, 6.07) is 12.8. The van der Waals surface area contributed by atoms with Crippen molar-refractivity contribution in [3.05, 3.63) is 36.5 Å². The average Bonchev–Trinajstić information content (AvgIpc) is 2.70. The van der Waals surface area contributed by atoms with Gasteiger partial charge in [0.05, 0.1) is 11.5 Å². The highest BCUT2D eigenvalue weighted by Crippen LogP contribution is 2.22. The van der Waals surface area contributed by atoms with E-state index in [2.05, 4.69) is 35.0 Å². The smallest absolute Gasteiger partial charge is 0.0684 e. The first-order valence-electron chi connectivity index (χ1n) is 5.57. The summed E-state index contributed by atoms with van der Waals surface area (Å²) in [6.07, 6.45) is 2.97. The molecule has 0 spiro atoms. The molecule has 0 unspecified atom stereocenters. The monoisotopic (exact) mass is 212 g/mol. The van der Waals surface area contributed by atoms with Crippen LogP contribution in [0.3, 0.4) is 0 Å². The first-order valence-corrected chi connectivity index (χ1v) is 5.57. The van der Waals surface area contributed by atoms with E-state index >= 15 is 0 Å². The standard InChI is InChI=1S/C14H16N2/c1-14(2,11-15)8-10-16-9-7-12-5-3-4-6-13(12)16/h3-7,9H,8,10H2,1-2H3. The number of rotatable bonds is 3. The lowest BCUT2D eigenvalue weighted by Crippen LogP contribution is -2.11. The summed E-state index contributed by atoms with van der Waals surface area (Å²) in [6.45, 7) is 4.87. The van der Waals surface area contributed by atoms with Crippen molar-refractivity contribution in [2.24, 2.45) is 5.41 Å². The van der Waals surface area contributed by atoms with Gasteiger partial charge in [0.15, 0.2) is 0 Å². The molecular formula is C14H16N2. The summed E-state index contributed by atoms with van der Waals surface area (Å²) >= 11 is 0. The van der Waals surface area contributed by atoms with E-state index < -0.39 is 0 Å². The lowest BCUT2D eigenvalue weighted by molar-refractivity contribution is 0.417. The van der Waals surface area contributed by atoms with Gasteiger partial charge in [-0.3, -0.25) is 0 Å². The predicted octanol–water partition coefficient (Wildman–Crippen LogP) is 3.58. The first kappa shape index (κ1) is 10.8. The number of hydrogen-bond donors (Lipinski definition) is 0. The molecule has 0 fully saturated rings. The van der Waals surface area contributed by atoms with Gasteiger partial charge in [0.2, 0.25) is 0 Å². The number of para-hydroxylation sites is 1. The van der Waals surface area contributed by atoms with Crippen LogP contribution in [0.4, 0.5) is 0 Å². The lowest BCUT2D eigenvalue weighted by atomic mass is 9.91. The van der Waals surface area contributed by atoms with E-state index in [0.29, 0.717) is 0 Å². The van der Waals surface area contributed by atoms with Crippen molar-refractivity contribution >= 4 is 10.9 Å². The highest BCUT2D eigenvalue weighted by Gasteiger charge is 2.16. The minimum absolute atomic E-state index is 0.245. The average molecular weight is 212 g/mol. The van der Waals surface area contributed by atoms with Gasteiger partial charge < -0.3 is 4.57 Å². The Labute approximate surface area is 96.1 Å². The molecule has 0 atom stereocenters. The van der Waals surface area contributed by atoms with Crippen LogP contribution in [0.25, 0.3) is 10.9 Å². The molecule has 1 aromatic carbocycles. The number of fused-ring (bicyclic) bond motifs is 1. The molecule has 0 saturated heterocycles. The quantitative estimate of drug-likeness (QED) is 0.764. The van der Waals surface area contributed by atoms with Gasteiger partial charge in [0, 0.05) is 18.3 Å². The second-order valence-electron chi connectivity index (χ2n) is 4.81. The predicted molar refractivity (Wildman–Crippen MR) is 65.9 cm³/mol. The summed E-state index contributed by atoms with van der Waals surface area (Å²) in [5.41, 5.74) is 1.00. The largest absolute Gasteiger partial charge is 0.347 e. The number of nitriles is 1. The third kappa shape index (κ3) is 2.09. The molecule has 16 heavy (non-hydrogen) atoms. The van der Waals surface area contributed by atoms with Crippen molar-refractivity contribution in [1.29, 1.82) is 5.26 Å². The Morgan fingerprint density at radius 2 is 2.00 bits per heavy atom. The van der Waals surface area contributed by atoms with Crippen LogP contribution in [-0.4, -0.2) is 4.57 Å². The van der Waals surface area contributed by atoms with Crippen LogP contribution in [0.1, 0.15) is 20.3 Å². The molecular weight excluding hydrogens is 196 g/mol. The molecule has 0 aliphatic heterocycles. The van der Waals surface area contributed by atoms with Gasteiger partial charge in [-0.05, 0) is 37.8 Å². The van der Waals surface area contributed by atoms with Gasteiger partial charge in [-0.25, -0.2) is 0 Å². The van der Waals surface area contributed by atoms with Crippen molar-refractivity contribution in [3.8, 4) is 6.07 Å². The Morgan fingerprint density at radius 1 is 1.25 bits per heavy atom. The molecule has 0 aliphatic rings. The van der Waals surface area contributed by atoms with Gasteiger partial charge >= 0.3 is 0 Å². The number of nitrogens with zero attached hydrogens (tertiary/aromatic N) is 2. The molecule has 0 amide bonds. The lowest BCUT2D eigenvalue weighted by Gasteiger charge is -2.15. The molecule has 2 rings (SSSR count). The fourth-order valence-electron chi connectivity index (χ4n) is 1.79. The van der Waals surface area contributed by atoms with Crippen molar-refractivity contribution in [3.63, 3.8) is 0 Å². The van der Waals surface area contributed by atoms with Gasteiger partial charge in [-0.15, -0.1) is 0 Å². The molecule has 1 heterocycles. The maximum atomic E-state index is 8.98. The summed E-state index contributed by atoms with van der Waals surface area (Å²) in [5, 5.41) is 10.2. The maximum Gasteiger partial charge on any atom is 0.0684 e. The molecule has 2 nitrogen and oxygen atoms in total. The topological polar surface area (TPSA) is 28.7 Å². The summed E-state index contributed by atoms with van der Waals surface area (Å²) < 4.78 is 2.22. The zero-order valence-electron chi connectivity index (χ0n) is 9.77. The molecule has 0 aliphatic carbocycles. The van der Waals surface area contributed by atoms with Crippen LogP contribution in [0.2, 0.25) is 0 Å². The second kappa shape index (κ2) is 4.02. The normalized spacial score (nSPS) is 11.6. The van der Waals surface area contributed by atoms with Gasteiger partial charge in [0.1, 0.15) is 0 Å².